The number of aryl methyl sites for hydroxylation is 2. The van der Waals surface area contributed by atoms with Crippen molar-refractivity contribution in [1.82, 2.24) is 19.7 Å². The lowest BCUT2D eigenvalue weighted by Gasteiger charge is -2.28. The first-order valence-corrected chi connectivity index (χ1v) is 9.62. The number of hydrogen-bond acceptors (Lipinski definition) is 4. The zero-order chi connectivity index (χ0) is 20.4. The van der Waals surface area contributed by atoms with Gasteiger partial charge in [-0.05, 0) is 30.7 Å². The van der Waals surface area contributed by atoms with E-state index in [0.29, 0.717) is 25.6 Å². The van der Waals surface area contributed by atoms with Crippen molar-refractivity contribution in [2.45, 2.75) is 32.9 Å². The highest BCUT2D eigenvalue weighted by Crippen LogP contribution is 2.24. The van der Waals surface area contributed by atoms with Crippen LogP contribution in [0.5, 0.6) is 5.88 Å². The van der Waals surface area contributed by atoms with Crippen LogP contribution in [0.3, 0.4) is 0 Å². The Labute approximate surface area is 168 Å². The van der Waals surface area contributed by atoms with Gasteiger partial charge in [0.1, 0.15) is 18.1 Å². The lowest BCUT2D eigenvalue weighted by Crippen LogP contribution is -2.37. The number of nitrogens with zero attached hydrogens (tertiary/aromatic N) is 4. The summed E-state index contributed by atoms with van der Waals surface area (Å²) >= 11 is 0. The van der Waals surface area contributed by atoms with E-state index < -0.39 is 0 Å². The van der Waals surface area contributed by atoms with Gasteiger partial charge in [-0.15, -0.1) is 0 Å². The summed E-state index contributed by atoms with van der Waals surface area (Å²) in [5, 5.41) is 4.60. The summed E-state index contributed by atoms with van der Waals surface area (Å²) in [5.41, 5.74) is 4.70. The maximum absolute atomic E-state index is 13.1. The topological polar surface area (TPSA) is 60.2 Å². The molecule has 3 aromatic rings. The van der Waals surface area contributed by atoms with Crippen molar-refractivity contribution in [2.75, 3.05) is 6.54 Å². The molecule has 0 unspecified atom stereocenters. The fraction of sp³-hybridized carbons (Fsp3) is 0.318. The molecule has 0 saturated heterocycles. The smallest absolute Gasteiger partial charge is 0.227 e. The average molecular weight is 394 g/mol. The largest absolute Gasteiger partial charge is 0.471 e. The van der Waals surface area contributed by atoms with Crippen molar-refractivity contribution in [3.63, 3.8) is 0 Å². The van der Waals surface area contributed by atoms with Gasteiger partial charge >= 0.3 is 0 Å². The van der Waals surface area contributed by atoms with Crippen LogP contribution < -0.4 is 4.74 Å². The molecule has 150 valence electrons. The van der Waals surface area contributed by atoms with Gasteiger partial charge in [-0.25, -0.2) is 9.37 Å². The number of amides is 1. The maximum atomic E-state index is 13.1. The van der Waals surface area contributed by atoms with Gasteiger partial charge in [0.2, 0.25) is 11.8 Å². The van der Waals surface area contributed by atoms with Gasteiger partial charge in [0.05, 0.1) is 6.42 Å². The molecule has 0 bridgehead atoms. The number of rotatable bonds is 5. The van der Waals surface area contributed by atoms with E-state index in [2.05, 4.69) is 10.1 Å². The lowest BCUT2D eigenvalue weighted by atomic mass is 10.0. The first kappa shape index (κ1) is 19.1. The molecular weight excluding hydrogens is 371 g/mol. The summed E-state index contributed by atoms with van der Waals surface area (Å²) in [5.74, 6) is 0.287. The highest BCUT2D eigenvalue weighted by atomic mass is 19.1. The Morgan fingerprint density at radius 2 is 2.00 bits per heavy atom. The van der Waals surface area contributed by atoms with Gasteiger partial charge in [-0.3, -0.25) is 9.48 Å². The van der Waals surface area contributed by atoms with Crippen LogP contribution in [0.2, 0.25) is 0 Å². The zero-order valence-corrected chi connectivity index (χ0v) is 16.6. The number of carbonyl (C=O) groups excluding carboxylic acids is 1. The van der Waals surface area contributed by atoms with Gasteiger partial charge in [-0.2, -0.15) is 5.10 Å². The van der Waals surface area contributed by atoms with Gasteiger partial charge in [0.25, 0.3) is 0 Å². The quantitative estimate of drug-likeness (QED) is 0.668. The molecule has 1 amide bonds. The first-order chi connectivity index (χ1) is 14.0. The molecule has 0 radical (unpaired) electrons. The highest BCUT2D eigenvalue weighted by molar-refractivity contribution is 5.79. The molecule has 1 aromatic carbocycles. The van der Waals surface area contributed by atoms with Crippen LogP contribution in [0, 0.1) is 12.7 Å². The third kappa shape index (κ3) is 4.29. The minimum atomic E-state index is -0.299. The Kier molecular flexibility index (Phi) is 5.29. The van der Waals surface area contributed by atoms with Gasteiger partial charge in [-0.1, -0.05) is 18.2 Å². The van der Waals surface area contributed by atoms with Crippen molar-refractivity contribution >= 4 is 5.91 Å². The number of hydrogen-bond donors (Lipinski definition) is 0. The molecule has 4 rings (SSSR count). The molecule has 0 aliphatic carbocycles. The number of carbonyl (C=O) groups is 1. The Hall–Kier alpha value is -3.22. The minimum Gasteiger partial charge on any atom is -0.471 e. The normalized spacial score (nSPS) is 13.3. The van der Waals surface area contributed by atoms with Crippen LogP contribution in [-0.2, 0) is 37.8 Å². The second-order valence-corrected chi connectivity index (χ2v) is 7.27. The molecular formula is C22H23FN4O2. The molecule has 3 heterocycles. The number of halogens is 1. The fourth-order valence-electron chi connectivity index (χ4n) is 3.63. The van der Waals surface area contributed by atoms with Crippen LogP contribution in [0.25, 0.3) is 0 Å². The van der Waals surface area contributed by atoms with Gasteiger partial charge in [0, 0.05) is 49.6 Å². The highest BCUT2D eigenvalue weighted by Gasteiger charge is 2.27. The predicted molar refractivity (Wildman–Crippen MR) is 106 cm³/mol. The number of aromatic nitrogens is 3. The lowest BCUT2D eigenvalue weighted by molar-refractivity contribution is -0.131. The molecule has 7 heteroatoms. The van der Waals surface area contributed by atoms with Crippen molar-refractivity contribution in [1.29, 1.82) is 0 Å². The van der Waals surface area contributed by atoms with Crippen LogP contribution in [0.15, 0.2) is 42.5 Å². The van der Waals surface area contributed by atoms with Crippen molar-refractivity contribution < 1.29 is 13.9 Å². The molecule has 1 aliphatic heterocycles. The van der Waals surface area contributed by atoms with Crippen LogP contribution in [0.4, 0.5) is 4.39 Å². The second-order valence-electron chi connectivity index (χ2n) is 7.27. The second kappa shape index (κ2) is 8.03. The summed E-state index contributed by atoms with van der Waals surface area (Å²) in [7, 11) is 1.92. The molecule has 0 spiro atoms. The molecule has 0 N–H and O–H groups in total. The van der Waals surface area contributed by atoms with Crippen LogP contribution >= 0.6 is 0 Å². The van der Waals surface area contributed by atoms with E-state index in [1.807, 2.05) is 41.8 Å². The average Bonchev–Trinajstić information content (AvgIpc) is 3.03. The van der Waals surface area contributed by atoms with Crippen molar-refractivity contribution in [3.05, 3.63) is 76.5 Å². The SMILES string of the molecule is Cc1cccc(OCc2nn(C)c3c2CN(C(=O)Cc2ccc(F)cc2)CC3)n1. The van der Waals surface area contributed by atoms with E-state index in [9.17, 15) is 9.18 Å². The maximum Gasteiger partial charge on any atom is 0.227 e. The third-order valence-electron chi connectivity index (χ3n) is 5.17. The Balaban J connectivity index is 1.46. The molecule has 0 atom stereocenters. The third-order valence-corrected chi connectivity index (χ3v) is 5.17. The first-order valence-electron chi connectivity index (χ1n) is 9.62. The summed E-state index contributed by atoms with van der Waals surface area (Å²) < 4.78 is 20.8. The molecule has 6 nitrogen and oxygen atoms in total. The molecule has 1 aliphatic rings. The molecule has 0 saturated carbocycles. The van der Waals surface area contributed by atoms with Crippen LogP contribution in [0.1, 0.15) is 28.2 Å². The van der Waals surface area contributed by atoms with E-state index in [0.717, 1.165) is 34.6 Å². The Morgan fingerprint density at radius 3 is 2.76 bits per heavy atom. The standard InChI is InChI=1S/C22H23FN4O2/c1-15-4-3-5-21(24-15)29-14-19-18-13-27(11-10-20(18)26(2)25-19)22(28)12-16-6-8-17(23)9-7-16/h3-9H,10-14H2,1-2H3. The summed E-state index contributed by atoms with van der Waals surface area (Å²) in [6.07, 6.45) is 1.01. The van der Waals surface area contributed by atoms with E-state index in [1.165, 1.54) is 12.1 Å². The summed E-state index contributed by atoms with van der Waals surface area (Å²) in [6.45, 7) is 3.37. The number of ether oxygens (including phenoxy) is 1. The summed E-state index contributed by atoms with van der Waals surface area (Å²) in [6, 6.07) is 11.7. The van der Waals surface area contributed by atoms with E-state index in [1.54, 1.807) is 12.1 Å². The molecule has 0 fully saturated rings. The monoisotopic (exact) mass is 394 g/mol. The number of pyridine rings is 1. The van der Waals surface area contributed by atoms with Crippen molar-refractivity contribution in [2.24, 2.45) is 7.05 Å². The van der Waals surface area contributed by atoms with E-state index in [-0.39, 0.29) is 18.1 Å². The molecule has 29 heavy (non-hydrogen) atoms. The van der Waals surface area contributed by atoms with Crippen LogP contribution in [-0.4, -0.2) is 32.1 Å². The predicted octanol–water partition coefficient (Wildman–Crippen LogP) is 2.97. The summed E-state index contributed by atoms with van der Waals surface area (Å²) in [4.78, 5) is 19.0. The number of benzene rings is 1. The Bertz CT molecular complexity index is 1030. The molecule has 2 aromatic heterocycles. The zero-order valence-electron chi connectivity index (χ0n) is 16.6. The number of fused-ring (bicyclic) bond motifs is 1. The van der Waals surface area contributed by atoms with E-state index >= 15 is 0 Å². The fourth-order valence-corrected chi connectivity index (χ4v) is 3.63. The van der Waals surface area contributed by atoms with Gasteiger partial charge in [0.15, 0.2) is 0 Å². The van der Waals surface area contributed by atoms with E-state index in [4.69, 9.17) is 4.74 Å². The Morgan fingerprint density at radius 1 is 1.21 bits per heavy atom. The van der Waals surface area contributed by atoms with Gasteiger partial charge < -0.3 is 9.64 Å². The minimum absolute atomic E-state index is 0.0262. The van der Waals surface area contributed by atoms with Crippen molar-refractivity contribution in [3.8, 4) is 5.88 Å².